The van der Waals surface area contributed by atoms with Gasteiger partial charge in [-0.05, 0) is 58.6 Å². The Morgan fingerprint density at radius 1 is 0.756 bits per heavy atom. The summed E-state index contributed by atoms with van der Waals surface area (Å²) in [5, 5.41) is 1.93. The van der Waals surface area contributed by atoms with Crippen LogP contribution in [-0.2, 0) is 34.0 Å². The third-order valence-corrected chi connectivity index (χ3v) is 8.76. The van der Waals surface area contributed by atoms with Gasteiger partial charge < -0.3 is 14.2 Å². The highest BCUT2D eigenvalue weighted by Gasteiger charge is 2.43. The average molecular weight is 621 g/mol. The zero-order valence-corrected chi connectivity index (χ0v) is 25.7. The molecule has 6 rings (SSSR count). The zero-order valence-electron chi connectivity index (χ0n) is 24.9. The van der Waals surface area contributed by atoms with E-state index in [4.69, 9.17) is 14.2 Å². The van der Waals surface area contributed by atoms with Crippen LogP contribution in [0.3, 0.4) is 0 Å². The standard InChI is InChI=1S/C37H36N2O5S/c40-36-34(45-37(41)38-36)22-27-16-18-31(19-17-27)42-21-20-32-35(44-26-30-14-8-3-9-15-30)33(43-25-29-12-6-2-7-13-29)24-39(32)23-28-10-4-1-5-11-28/h1-19,22,32-33,35H,20-21,23-26H2,(H,38,40,41)/b34-22-/t32-,33+,35-/m0/s1. The second-order valence-corrected chi connectivity index (χ2v) is 12.2. The molecule has 4 aromatic rings. The van der Waals surface area contributed by atoms with Crippen LogP contribution in [-0.4, -0.2) is 47.4 Å². The van der Waals surface area contributed by atoms with Crippen molar-refractivity contribution >= 4 is 29.0 Å². The topological polar surface area (TPSA) is 77.1 Å². The highest BCUT2D eigenvalue weighted by atomic mass is 32.2. The van der Waals surface area contributed by atoms with Gasteiger partial charge in [0.25, 0.3) is 11.1 Å². The highest BCUT2D eigenvalue weighted by molar-refractivity contribution is 8.18. The fraction of sp³-hybridized carbons (Fsp3) is 0.243. The second kappa shape index (κ2) is 15.2. The number of imide groups is 1. The van der Waals surface area contributed by atoms with E-state index in [1.807, 2.05) is 66.7 Å². The van der Waals surface area contributed by atoms with Gasteiger partial charge in [0, 0.05) is 19.1 Å². The molecule has 2 aliphatic rings. The maximum Gasteiger partial charge on any atom is 0.290 e. The minimum Gasteiger partial charge on any atom is -0.494 e. The predicted molar refractivity (Wildman–Crippen MR) is 176 cm³/mol. The first-order valence-electron chi connectivity index (χ1n) is 15.2. The Kier molecular flexibility index (Phi) is 10.4. The molecule has 230 valence electrons. The molecule has 0 unspecified atom stereocenters. The van der Waals surface area contributed by atoms with Gasteiger partial charge in [0.1, 0.15) is 11.9 Å². The van der Waals surface area contributed by atoms with Gasteiger partial charge in [-0.25, -0.2) is 0 Å². The maximum absolute atomic E-state index is 11.9. The predicted octanol–water partition coefficient (Wildman–Crippen LogP) is 6.83. The third-order valence-electron chi connectivity index (χ3n) is 7.95. The molecule has 0 aromatic heterocycles. The smallest absolute Gasteiger partial charge is 0.290 e. The molecule has 2 fully saturated rings. The molecule has 0 spiro atoms. The van der Waals surface area contributed by atoms with Crippen molar-refractivity contribution in [2.24, 2.45) is 0 Å². The van der Waals surface area contributed by atoms with Gasteiger partial charge in [0.15, 0.2) is 0 Å². The number of nitrogens with zero attached hydrogens (tertiary/aromatic N) is 1. The molecule has 0 radical (unpaired) electrons. The summed E-state index contributed by atoms with van der Waals surface area (Å²) in [6.45, 7) is 3.07. The number of hydrogen-bond acceptors (Lipinski definition) is 7. The van der Waals surface area contributed by atoms with E-state index in [0.717, 1.165) is 53.7 Å². The SMILES string of the molecule is O=C1NC(=O)/C(=C/c2ccc(OCC[C@H]3[C@H](OCc4ccccc4)[C@H](OCc4ccccc4)CN3Cc3ccccc3)cc2)S1. The van der Waals surface area contributed by atoms with Gasteiger partial charge in [-0.2, -0.15) is 0 Å². The third kappa shape index (κ3) is 8.49. The fourth-order valence-electron chi connectivity index (χ4n) is 5.71. The summed E-state index contributed by atoms with van der Waals surface area (Å²) in [5.41, 5.74) is 4.34. The van der Waals surface area contributed by atoms with E-state index in [1.54, 1.807) is 6.08 Å². The van der Waals surface area contributed by atoms with Crippen molar-refractivity contribution in [3.05, 3.63) is 142 Å². The molecule has 0 saturated carbocycles. The van der Waals surface area contributed by atoms with Gasteiger partial charge in [-0.15, -0.1) is 0 Å². The van der Waals surface area contributed by atoms with Gasteiger partial charge in [-0.3, -0.25) is 19.8 Å². The van der Waals surface area contributed by atoms with Crippen LogP contribution in [0.5, 0.6) is 5.75 Å². The Morgan fingerprint density at radius 3 is 1.96 bits per heavy atom. The van der Waals surface area contributed by atoms with Crippen molar-refractivity contribution in [2.75, 3.05) is 13.2 Å². The summed E-state index contributed by atoms with van der Waals surface area (Å²) in [5.74, 6) is 0.375. The number of hydrogen-bond donors (Lipinski definition) is 1. The number of nitrogens with one attached hydrogen (secondary N) is 1. The molecule has 8 heteroatoms. The summed E-state index contributed by atoms with van der Waals surface area (Å²) in [7, 11) is 0. The molecule has 7 nitrogen and oxygen atoms in total. The lowest BCUT2D eigenvalue weighted by Gasteiger charge is -2.29. The number of ether oxygens (including phenoxy) is 3. The number of rotatable bonds is 13. The first-order valence-corrected chi connectivity index (χ1v) is 16.0. The average Bonchev–Trinajstić information content (AvgIpc) is 3.57. The first kappa shape index (κ1) is 30.8. The molecule has 2 aliphatic heterocycles. The normalized spacial score (nSPS) is 20.9. The summed E-state index contributed by atoms with van der Waals surface area (Å²) in [6.07, 6.45) is 2.21. The largest absolute Gasteiger partial charge is 0.494 e. The van der Waals surface area contributed by atoms with E-state index in [1.165, 1.54) is 5.56 Å². The molecule has 2 saturated heterocycles. The minimum absolute atomic E-state index is 0.0779. The van der Waals surface area contributed by atoms with Gasteiger partial charge in [0.2, 0.25) is 0 Å². The van der Waals surface area contributed by atoms with E-state index in [2.05, 4.69) is 58.7 Å². The number of carbonyl (C=O) groups is 2. The summed E-state index contributed by atoms with van der Waals surface area (Å²) < 4.78 is 19.5. The molecule has 3 atom stereocenters. The Balaban J connectivity index is 1.16. The van der Waals surface area contributed by atoms with Crippen LogP contribution < -0.4 is 10.1 Å². The van der Waals surface area contributed by atoms with Crippen LogP contribution in [0.15, 0.2) is 120 Å². The lowest BCUT2D eigenvalue weighted by atomic mass is 10.1. The van der Waals surface area contributed by atoms with Crippen molar-refractivity contribution in [3.63, 3.8) is 0 Å². The van der Waals surface area contributed by atoms with Crippen LogP contribution in [0.1, 0.15) is 28.7 Å². The van der Waals surface area contributed by atoms with Gasteiger partial charge in [-0.1, -0.05) is 103 Å². The molecular formula is C37H36N2O5S. The van der Waals surface area contributed by atoms with E-state index in [0.29, 0.717) is 24.7 Å². The Hall–Kier alpha value is -4.21. The van der Waals surface area contributed by atoms with Crippen LogP contribution in [0.25, 0.3) is 6.08 Å². The Bertz CT molecular complexity index is 1580. The zero-order chi connectivity index (χ0) is 30.8. The fourth-order valence-corrected chi connectivity index (χ4v) is 6.40. The summed E-state index contributed by atoms with van der Waals surface area (Å²) >= 11 is 0.910. The molecular weight excluding hydrogens is 584 g/mol. The van der Waals surface area contributed by atoms with Crippen molar-refractivity contribution in [2.45, 2.75) is 44.4 Å². The monoisotopic (exact) mass is 620 g/mol. The van der Waals surface area contributed by atoms with Crippen molar-refractivity contribution in [1.29, 1.82) is 0 Å². The molecule has 4 aromatic carbocycles. The van der Waals surface area contributed by atoms with E-state index < -0.39 is 0 Å². The van der Waals surface area contributed by atoms with Gasteiger partial charge in [0.05, 0.1) is 30.8 Å². The van der Waals surface area contributed by atoms with E-state index in [9.17, 15) is 9.59 Å². The number of thioether (sulfide) groups is 1. The summed E-state index contributed by atoms with van der Waals surface area (Å²) in [6, 6.07) is 38.6. The van der Waals surface area contributed by atoms with Crippen molar-refractivity contribution < 1.29 is 23.8 Å². The maximum atomic E-state index is 11.9. The van der Waals surface area contributed by atoms with E-state index >= 15 is 0 Å². The van der Waals surface area contributed by atoms with Crippen LogP contribution in [0, 0.1) is 0 Å². The Labute approximate surface area is 268 Å². The molecule has 0 aliphatic carbocycles. The Morgan fingerprint density at radius 2 is 1.36 bits per heavy atom. The van der Waals surface area contributed by atoms with Crippen LogP contribution in [0.2, 0.25) is 0 Å². The molecule has 2 heterocycles. The van der Waals surface area contributed by atoms with Gasteiger partial charge >= 0.3 is 0 Å². The lowest BCUT2D eigenvalue weighted by Crippen LogP contribution is -2.39. The van der Waals surface area contributed by atoms with Crippen LogP contribution >= 0.6 is 11.8 Å². The molecule has 45 heavy (non-hydrogen) atoms. The first-order chi connectivity index (χ1) is 22.1. The number of likely N-dealkylation sites (tertiary alicyclic amines) is 1. The summed E-state index contributed by atoms with van der Waals surface area (Å²) in [4.78, 5) is 26.2. The quantitative estimate of drug-likeness (QED) is 0.164. The number of carbonyl (C=O) groups excluding carboxylic acids is 2. The van der Waals surface area contributed by atoms with Crippen molar-refractivity contribution in [3.8, 4) is 5.75 Å². The molecule has 0 bridgehead atoms. The number of amides is 2. The van der Waals surface area contributed by atoms with E-state index in [-0.39, 0.29) is 29.4 Å². The molecule has 1 N–H and O–H groups in total. The second-order valence-electron chi connectivity index (χ2n) is 11.1. The minimum atomic E-state index is -0.364. The van der Waals surface area contributed by atoms with Crippen molar-refractivity contribution in [1.82, 2.24) is 10.2 Å². The van der Waals surface area contributed by atoms with Crippen LogP contribution in [0.4, 0.5) is 4.79 Å². The molecule has 2 amide bonds. The highest BCUT2D eigenvalue weighted by Crippen LogP contribution is 2.30. The lowest BCUT2D eigenvalue weighted by molar-refractivity contribution is -0.115. The number of benzene rings is 4.